The lowest BCUT2D eigenvalue weighted by Crippen LogP contribution is -2.42. The first-order chi connectivity index (χ1) is 18.3. The lowest BCUT2D eigenvalue weighted by Gasteiger charge is -2.30. The van der Waals surface area contributed by atoms with Gasteiger partial charge in [0, 0.05) is 26.2 Å². The summed E-state index contributed by atoms with van der Waals surface area (Å²) in [6.45, 7) is 2.24. The number of carbonyl (C=O) groups excluding carboxylic acids is 3. The van der Waals surface area contributed by atoms with Crippen LogP contribution in [0.1, 0.15) is 36.8 Å². The van der Waals surface area contributed by atoms with E-state index in [-0.39, 0.29) is 37.0 Å². The van der Waals surface area contributed by atoms with E-state index in [0.29, 0.717) is 32.5 Å². The van der Waals surface area contributed by atoms with Crippen molar-refractivity contribution in [2.24, 2.45) is 11.8 Å². The largest absolute Gasteiger partial charge is 0.481 e. The quantitative estimate of drug-likeness (QED) is 0.513. The van der Waals surface area contributed by atoms with Gasteiger partial charge in [-0.15, -0.1) is 0 Å². The second kappa shape index (κ2) is 15.0. The lowest BCUT2D eigenvalue weighted by atomic mass is 9.99. The number of hydrogen-bond donors (Lipinski definition) is 1. The van der Waals surface area contributed by atoms with Crippen molar-refractivity contribution in [3.63, 3.8) is 0 Å². The fraction of sp³-hybridized carbons (Fsp3) is 0.429. The molecule has 2 amide bonds. The fourth-order valence-electron chi connectivity index (χ4n) is 4.29. The summed E-state index contributed by atoms with van der Waals surface area (Å²) in [4.78, 5) is 48.8. The van der Waals surface area contributed by atoms with Gasteiger partial charge < -0.3 is 24.4 Å². The van der Waals surface area contributed by atoms with Crippen molar-refractivity contribution in [2.75, 3.05) is 26.2 Å². The monoisotopic (exact) mass is 544 g/mol. The number of rotatable bonds is 6. The van der Waals surface area contributed by atoms with Gasteiger partial charge in [0.05, 0.1) is 11.8 Å². The molecule has 0 aliphatic carbocycles. The van der Waals surface area contributed by atoms with Gasteiger partial charge in [-0.2, -0.15) is 0 Å². The van der Waals surface area contributed by atoms with E-state index >= 15 is 0 Å². The smallest absolute Gasteiger partial charge is 0.410 e. The first-order valence-electron chi connectivity index (χ1n) is 12.7. The molecule has 0 saturated carbocycles. The summed E-state index contributed by atoms with van der Waals surface area (Å²) in [5.41, 5.74) is 1.86. The van der Waals surface area contributed by atoms with Gasteiger partial charge in [-0.05, 0) is 48.4 Å². The van der Waals surface area contributed by atoms with E-state index in [0.717, 1.165) is 24.0 Å². The zero-order chi connectivity index (χ0) is 27.3. The van der Waals surface area contributed by atoms with Gasteiger partial charge >= 0.3 is 18.2 Å². The van der Waals surface area contributed by atoms with Gasteiger partial charge in [-0.1, -0.05) is 60.7 Å². The average molecular weight is 545 g/mol. The molecule has 0 aromatic heterocycles. The molecule has 2 aliphatic heterocycles. The first-order valence-corrected chi connectivity index (χ1v) is 13.0. The Balaban J connectivity index is 0.000000211. The highest BCUT2D eigenvalue weighted by molar-refractivity contribution is 6.64. The van der Waals surface area contributed by atoms with E-state index in [1.54, 1.807) is 4.90 Å². The third kappa shape index (κ3) is 9.37. The molecule has 0 radical (unpaired) electrons. The number of ether oxygens (including phenoxy) is 2. The molecule has 2 fully saturated rings. The number of carboxylic acids is 1. The normalized spacial score (nSPS) is 19.0. The van der Waals surface area contributed by atoms with Crippen molar-refractivity contribution in [1.82, 2.24) is 9.80 Å². The molecule has 2 aromatic carbocycles. The number of nitrogens with zero attached hydrogens (tertiary/aromatic N) is 2. The summed E-state index contributed by atoms with van der Waals surface area (Å²) in [5.74, 6) is -1.58. The van der Waals surface area contributed by atoms with Crippen LogP contribution in [0.3, 0.4) is 0 Å². The lowest BCUT2D eigenvalue weighted by molar-refractivity contribution is -0.143. The molecule has 204 valence electrons. The number of carboxylic acid groups (broad SMARTS) is 1. The van der Waals surface area contributed by atoms with E-state index in [4.69, 9.17) is 26.2 Å². The third-order valence-corrected chi connectivity index (χ3v) is 6.75. The Morgan fingerprint density at radius 3 is 1.58 bits per heavy atom. The van der Waals surface area contributed by atoms with Crippen LogP contribution in [-0.2, 0) is 32.3 Å². The van der Waals surface area contributed by atoms with Crippen LogP contribution in [0.15, 0.2) is 60.7 Å². The maximum absolute atomic E-state index is 11.9. The van der Waals surface area contributed by atoms with Crippen LogP contribution in [0, 0.1) is 11.8 Å². The minimum atomic E-state index is -0.847. The van der Waals surface area contributed by atoms with Gasteiger partial charge in [0.15, 0.2) is 0 Å². The van der Waals surface area contributed by atoms with Crippen LogP contribution < -0.4 is 0 Å². The fourth-order valence-corrected chi connectivity index (χ4v) is 4.47. The number of hydrogen-bond acceptors (Lipinski definition) is 6. The molecule has 38 heavy (non-hydrogen) atoms. The Morgan fingerprint density at radius 1 is 0.737 bits per heavy atom. The van der Waals surface area contributed by atoms with E-state index in [9.17, 15) is 19.2 Å². The van der Waals surface area contributed by atoms with E-state index < -0.39 is 18.0 Å². The highest BCUT2D eigenvalue weighted by atomic mass is 35.5. The first kappa shape index (κ1) is 29.0. The SMILES string of the molecule is O=C(Cl)C1CCCN(C(=O)OCc2ccccc2)C1.O=C(O)C1CCCN(C(=O)OCc2ccccc2)C1. The number of amides is 2. The standard InChI is InChI=1S/C14H16ClNO3.C14H17NO4/c15-13(17)12-7-4-8-16(9-12)14(18)19-10-11-5-2-1-3-6-11;16-13(17)12-7-4-8-15(9-12)14(18)19-10-11-5-2-1-3-6-11/h1-3,5-6,12H,4,7-10H2;1-3,5-6,12H,4,7-10H2,(H,16,17). The average Bonchev–Trinajstić information content (AvgIpc) is 2.96. The molecular formula is C28H33ClN2O7. The Kier molecular flexibility index (Phi) is 11.4. The Labute approximate surface area is 227 Å². The van der Waals surface area contributed by atoms with E-state index in [1.165, 1.54) is 4.90 Å². The van der Waals surface area contributed by atoms with Crippen LogP contribution in [0.4, 0.5) is 9.59 Å². The van der Waals surface area contributed by atoms with Gasteiger partial charge in [-0.25, -0.2) is 9.59 Å². The van der Waals surface area contributed by atoms with Gasteiger partial charge in [0.25, 0.3) is 0 Å². The summed E-state index contributed by atoms with van der Waals surface area (Å²) in [5, 5.41) is 8.59. The summed E-state index contributed by atoms with van der Waals surface area (Å²) in [7, 11) is 0. The zero-order valence-corrected chi connectivity index (χ0v) is 21.9. The summed E-state index contributed by atoms with van der Waals surface area (Å²) < 4.78 is 10.4. The van der Waals surface area contributed by atoms with E-state index in [1.807, 2.05) is 60.7 Å². The highest BCUT2D eigenvalue weighted by Gasteiger charge is 2.29. The van der Waals surface area contributed by atoms with Crippen molar-refractivity contribution in [1.29, 1.82) is 0 Å². The molecule has 10 heteroatoms. The van der Waals surface area contributed by atoms with Gasteiger partial charge in [0.1, 0.15) is 13.2 Å². The second-order valence-electron chi connectivity index (χ2n) is 9.29. The Hall–Kier alpha value is -3.59. The van der Waals surface area contributed by atoms with Gasteiger partial charge in [0.2, 0.25) is 5.24 Å². The minimum absolute atomic E-state index is 0.216. The van der Waals surface area contributed by atoms with Crippen LogP contribution in [0.5, 0.6) is 0 Å². The summed E-state index contributed by atoms with van der Waals surface area (Å²) in [6, 6.07) is 18.9. The van der Waals surface area contributed by atoms with Crippen molar-refractivity contribution < 1.29 is 33.8 Å². The molecule has 2 saturated heterocycles. The zero-order valence-electron chi connectivity index (χ0n) is 21.2. The molecule has 2 aliphatic rings. The maximum atomic E-state index is 11.9. The number of aliphatic carboxylic acids is 1. The molecule has 4 rings (SSSR count). The Morgan fingerprint density at radius 2 is 1.16 bits per heavy atom. The molecule has 9 nitrogen and oxygen atoms in total. The molecular weight excluding hydrogens is 512 g/mol. The van der Waals surface area contributed by atoms with E-state index in [2.05, 4.69) is 0 Å². The molecule has 2 heterocycles. The van der Waals surface area contributed by atoms with Crippen molar-refractivity contribution in [3.05, 3.63) is 71.8 Å². The minimum Gasteiger partial charge on any atom is -0.481 e. The number of likely N-dealkylation sites (tertiary alicyclic amines) is 2. The van der Waals surface area contributed by atoms with Crippen LogP contribution in [0.2, 0.25) is 0 Å². The number of benzene rings is 2. The van der Waals surface area contributed by atoms with Crippen molar-refractivity contribution in [2.45, 2.75) is 38.9 Å². The molecule has 1 N–H and O–H groups in total. The Bertz CT molecular complexity index is 982. The van der Waals surface area contributed by atoms with Crippen molar-refractivity contribution >= 4 is 35.0 Å². The van der Waals surface area contributed by atoms with Crippen LogP contribution >= 0.6 is 11.6 Å². The molecule has 2 atom stereocenters. The number of piperidine rings is 2. The number of halogens is 1. The predicted molar refractivity (Wildman–Crippen MR) is 140 cm³/mol. The number of carbonyl (C=O) groups is 4. The molecule has 2 aromatic rings. The maximum Gasteiger partial charge on any atom is 0.410 e. The second-order valence-corrected chi connectivity index (χ2v) is 9.67. The summed E-state index contributed by atoms with van der Waals surface area (Å²) in [6.07, 6.45) is 2.03. The van der Waals surface area contributed by atoms with Gasteiger partial charge in [-0.3, -0.25) is 9.59 Å². The van der Waals surface area contributed by atoms with Crippen LogP contribution in [-0.4, -0.2) is 64.5 Å². The molecule has 0 spiro atoms. The highest BCUT2D eigenvalue weighted by Crippen LogP contribution is 2.20. The molecule has 2 unspecified atom stereocenters. The van der Waals surface area contributed by atoms with Crippen molar-refractivity contribution in [3.8, 4) is 0 Å². The predicted octanol–water partition coefficient (Wildman–Crippen LogP) is 4.92. The molecule has 0 bridgehead atoms. The third-order valence-electron chi connectivity index (χ3n) is 6.44. The summed E-state index contributed by atoms with van der Waals surface area (Å²) >= 11 is 5.48. The van der Waals surface area contributed by atoms with Crippen LogP contribution in [0.25, 0.3) is 0 Å². The topological polar surface area (TPSA) is 113 Å².